The monoisotopic (exact) mass is 326 g/mol. The minimum atomic E-state index is 0. The lowest BCUT2D eigenvalue weighted by molar-refractivity contribution is -0.682. The van der Waals surface area contributed by atoms with Crippen LogP contribution in [-0.4, -0.2) is 12.2 Å². The Morgan fingerprint density at radius 2 is 2.22 bits per heavy atom. The molecule has 1 N–H and O–H groups in total. The molecule has 0 radical (unpaired) electrons. The number of carbonyl (C=O) groups is 2. The molecule has 0 unspecified atom stereocenters. The maximum atomic E-state index is 11.8. The number of ketones is 1. The molecule has 0 saturated carbocycles. The number of Topliss-reactive ketones (excluding diaryl/α,β-unsaturated/α-hetero) is 1. The van der Waals surface area contributed by atoms with E-state index in [9.17, 15) is 9.59 Å². The van der Waals surface area contributed by atoms with E-state index in [2.05, 4.69) is 5.32 Å². The molecule has 0 aliphatic carbocycles. The minimum Gasteiger partial charge on any atom is -1.00 e. The second-order valence-electron chi connectivity index (χ2n) is 3.43. The molecule has 0 bridgehead atoms. The summed E-state index contributed by atoms with van der Waals surface area (Å²) in [6.07, 6.45) is 4.13. The topological polar surface area (TPSA) is 50.1 Å². The number of hydrogen-bond acceptors (Lipinski definition) is 3. The Balaban J connectivity index is 0.00000162. The number of halogens is 1. The van der Waals surface area contributed by atoms with Gasteiger partial charge in [0.15, 0.2) is 12.4 Å². The summed E-state index contributed by atoms with van der Waals surface area (Å²) in [5, 5.41) is 4.42. The summed E-state index contributed by atoms with van der Waals surface area (Å²) < 4.78 is 1.74. The number of aromatic nitrogens is 1. The van der Waals surface area contributed by atoms with Gasteiger partial charge in [0.2, 0.25) is 18.7 Å². The SMILES string of the molecule is O=CNc1ccc[n+](CC(=O)c2cccs2)c1.[Br-]. The summed E-state index contributed by atoms with van der Waals surface area (Å²) in [4.78, 5) is 22.9. The number of amides is 1. The zero-order valence-corrected chi connectivity index (χ0v) is 11.8. The highest BCUT2D eigenvalue weighted by atomic mass is 79.9. The largest absolute Gasteiger partial charge is 1.00 e. The maximum absolute atomic E-state index is 11.8. The first kappa shape index (κ1) is 14.5. The first-order valence-electron chi connectivity index (χ1n) is 5.05. The Hall–Kier alpha value is -1.53. The van der Waals surface area contributed by atoms with E-state index in [1.54, 1.807) is 35.2 Å². The van der Waals surface area contributed by atoms with Gasteiger partial charge >= 0.3 is 0 Å². The summed E-state index contributed by atoms with van der Waals surface area (Å²) in [5.74, 6) is 0.0632. The predicted molar refractivity (Wildman–Crippen MR) is 65.0 cm³/mol. The zero-order valence-electron chi connectivity index (χ0n) is 9.38. The van der Waals surface area contributed by atoms with Crippen molar-refractivity contribution >= 4 is 29.2 Å². The molecule has 2 heterocycles. The van der Waals surface area contributed by atoms with E-state index in [0.29, 0.717) is 12.1 Å². The van der Waals surface area contributed by atoms with Crippen molar-refractivity contribution in [3.63, 3.8) is 0 Å². The normalized spacial score (nSPS) is 9.33. The average Bonchev–Trinajstić information content (AvgIpc) is 2.83. The molecular formula is C12H11BrN2O2S. The van der Waals surface area contributed by atoms with Crippen molar-refractivity contribution in [3.05, 3.63) is 46.9 Å². The van der Waals surface area contributed by atoms with Crippen LogP contribution in [0.15, 0.2) is 42.0 Å². The second kappa shape index (κ2) is 7.03. The average molecular weight is 327 g/mol. The van der Waals surface area contributed by atoms with Crippen molar-refractivity contribution in [3.8, 4) is 0 Å². The first-order valence-corrected chi connectivity index (χ1v) is 5.93. The van der Waals surface area contributed by atoms with Gasteiger partial charge in [0.25, 0.3) is 0 Å². The highest BCUT2D eigenvalue weighted by Crippen LogP contribution is 2.09. The molecule has 0 atom stereocenters. The van der Waals surface area contributed by atoms with E-state index in [1.165, 1.54) is 11.3 Å². The van der Waals surface area contributed by atoms with Gasteiger partial charge in [-0.05, 0) is 17.5 Å². The quantitative estimate of drug-likeness (QED) is 0.412. The Bertz CT molecular complexity index is 529. The molecule has 0 aromatic carbocycles. The van der Waals surface area contributed by atoms with Crippen molar-refractivity contribution in [1.82, 2.24) is 0 Å². The highest BCUT2D eigenvalue weighted by Gasteiger charge is 2.13. The van der Waals surface area contributed by atoms with Crippen LogP contribution < -0.4 is 26.9 Å². The number of anilines is 1. The third kappa shape index (κ3) is 3.75. The molecule has 1 amide bonds. The summed E-state index contributed by atoms with van der Waals surface area (Å²) in [5.41, 5.74) is 0.668. The van der Waals surface area contributed by atoms with Gasteiger partial charge in [-0.2, -0.15) is 4.57 Å². The lowest BCUT2D eigenvalue weighted by Crippen LogP contribution is -3.00. The third-order valence-electron chi connectivity index (χ3n) is 2.21. The molecule has 0 aliphatic rings. The van der Waals surface area contributed by atoms with E-state index in [0.717, 1.165) is 4.88 Å². The van der Waals surface area contributed by atoms with Gasteiger partial charge in [-0.3, -0.25) is 9.59 Å². The zero-order chi connectivity index (χ0) is 12.1. The number of hydrogen-bond donors (Lipinski definition) is 1. The van der Waals surface area contributed by atoms with Gasteiger partial charge < -0.3 is 22.3 Å². The summed E-state index contributed by atoms with van der Waals surface area (Å²) in [6.45, 7) is 0.273. The molecular weight excluding hydrogens is 316 g/mol. The summed E-state index contributed by atoms with van der Waals surface area (Å²) in [6, 6.07) is 7.21. The fraction of sp³-hybridized carbons (Fsp3) is 0.0833. The fourth-order valence-corrected chi connectivity index (χ4v) is 2.11. The maximum Gasteiger partial charge on any atom is 0.237 e. The van der Waals surface area contributed by atoms with Crippen molar-refractivity contribution in [2.45, 2.75) is 6.54 Å². The van der Waals surface area contributed by atoms with Gasteiger partial charge in [0, 0.05) is 6.07 Å². The smallest absolute Gasteiger partial charge is 0.237 e. The first-order chi connectivity index (χ1) is 8.29. The molecule has 0 fully saturated rings. The lowest BCUT2D eigenvalue weighted by atomic mass is 10.3. The molecule has 2 aromatic heterocycles. The van der Waals surface area contributed by atoms with Crippen LogP contribution in [0.3, 0.4) is 0 Å². The number of thiophene rings is 1. The number of nitrogens with zero attached hydrogens (tertiary/aromatic N) is 1. The fourth-order valence-electron chi connectivity index (χ4n) is 1.45. The van der Waals surface area contributed by atoms with Crippen LogP contribution >= 0.6 is 11.3 Å². The van der Waals surface area contributed by atoms with Gasteiger partial charge in [-0.15, -0.1) is 11.3 Å². The van der Waals surface area contributed by atoms with Crippen LogP contribution in [0, 0.1) is 0 Å². The predicted octanol–water partition coefficient (Wildman–Crippen LogP) is -1.51. The molecule has 18 heavy (non-hydrogen) atoms. The van der Waals surface area contributed by atoms with Crippen LogP contribution in [0.25, 0.3) is 0 Å². The van der Waals surface area contributed by atoms with Gasteiger partial charge in [0.1, 0.15) is 5.69 Å². The summed E-state index contributed by atoms with van der Waals surface area (Å²) >= 11 is 1.43. The Kier molecular flexibility index (Phi) is 5.67. The standard InChI is InChI=1S/C12H10N2O2S.BrH/c15-9-13-10-3-1-5-14(7-10)8-11(16)12-4-2-6-17-12;/h1-7,9H,8H2;1H. The number of nitrogens with one attached hydrogen (secondary N) is 1. The molecule has 4 nitrogen and oxygen atoms in total. The molecule has 6 heteroatoms. The van der Waals surface area contributed by atoms with Gasteiger partial charge in [-0.1, -0.05) is 6.07 Å². The van der Waals surface area contributed by atoms with Crippen molar-refractivity contribution in [2.24, 2.45) is 0 Å². The van der Waals surface area contributed by atoms with E-state index < -0.39 is 0 Å². The van der Waals surface area contributed by atoms with E-state index in [-0.39, 0.29) is 29.3 Å². The van der Waals surface area contributed by atoms with Crippen molar-refractivity contribution in [2.75, 3.05) is 5.32 Å². The molecule has 2 rings (SSSR count). The Morgan fingerprint density at radius 1 is 1.39 bits per heavy atom. The molecule has 2 aromatic rings. The van der Waals surface area contributed by atoms with Crippen LogP contribution in [0.2, 0.25) is 0 Å². The number of carbonyl (C=O) groups excluding carboxylic acids is 2. The molecule has 94 valence electrons. The summed E-state index contributed by atoms with van der Waals surface area (Å²) in [7, 11) is 0. The third-order valence-corrected chi connectivity index (χ3v) is 3.12. The van der Waals surface area contributed by atoms with Crippen LogP contribution in [0.5, 0.6) is 0 Å². The van der Waals surface area contributed by atoms with Crippen LogP contribution in [0.1, 0.15) is 9.67 Å². The number of pyridine rings is 1. The van der Waals surface area contributed by atoms with E-state index in [4.69, 9.17) is 0 Å². The van der Waals surface area contributed by atoms with Crippen molar-refractivity contribution in [1.29, 1.82) is 0 Å². The minimum absolute atomic E-state index is 0. The van der Waals surface area contributed by atoms with Crippen LogP contribution in [-0.2, 0) is 11.3 Å². The lowest BCUT2D eigenvalue weighted by Gasteiger charge is -1.98. The molecule has 0 aliphatic heterocycles. The Labute approximate surface area is 119 Å². The van der Waals surface area contributed by atoms with E-state index >= 15 is 0 Å². The van der Waals surface area contributed by atoms with Gasteiger partial charge in [-0.25, -0.2) is 0 Å². The van der Waals surface area contributed by atoms with E-state index in [1.807, 2.05) is 11.4 Å². The second-order valence-corrected chi connectivity index (χ2v) is 4.38. The van der Waals surface area contributed by atoms with Crippen LogP contribution in [0.4, 0.5) is 5.69 Å². The Morgan fingerprint density at radius 3 is 2.89 bits per heavy atom. The highest BCUT2D eigenvalue weighted by molar-refractivity contribution is 7.12. The van der Waals surface area contributed by atoms with Crippen molar-refractivity contribution < 1.29 is 31.1 Å². The number of rotatable bonds is 5. The molecule has 0 saturated heterocycles. The molecule has 0 spiro atoms. The van der Waals surface area contributed by atoms with Gasteiger partial charge in [0.05, 0.1) is 4.88 Å².